The van der Waals surface area contributed by atoms with Gasteiger partial charge in [0, 0.05) is 6.20 Å². The first-order chi connectivity index (χ1) is 9.11. The number of urea groups is 1. The quantitative estimate of drug-likeness (QED) is 0.789. The van der Waals surface area contributed by atoms with Gasteiger partial charge in [-0.15, -0.1) is 0 Å². The summed E-state index contributed by atoms with van der Waals surface area (Å²) in [6.45, 7) is 0.842. The number of halogens is 1. The minimum absolute atomic E-state index is 0.134. The van der Waals surface area contributed by atoms with Gasteiger partial charge in [0.05, 0.1) is 23.8 Å². The van der Waals surface area contributed by atoms with E-state index >= 15 is 0 Å². The Morgan fingerprint density at radius 3 is 2.89 bits per heavy atom. The highest BCUT2D eigenvalue weighted by Gasteiger charge is 2.36. The lowest BCUT2D eigenvalue weighted by Gasteiger charge is -2.12. The molecule has 6 nitrogen and oxygen atoms in total. The number of amides is 3. The molecule has 1 aliphatic rings. The number of hydrogen-bond acceptors (Lipinski definition) is 4. The van der Waals surface area contributed by atoms with E-state index in [9.17, 15) is 9.59 Å². The summed E-state index contributed by atoms with van der Waals surface area (Å²) in [5.41, 5.74) is 0. The monoisotopic (exact) mass is 346 g/mol. The number of carbonyl (C=O) groups is 2. The molecule has 1 fully saturated rings. The van der Waals surface area contributed by atoms with Crippen LogP contribution < -0.4 is 5.32 Å². The maximum absolute atomic E-state index is 12.0. The molecule has 1 saturated heterocycles. The maximum Gasteiger partial charge on any atom is 0.324 e. The third-order valence-corrected chi connectivity index (χ3v) is 3.93. The van der Waals surface area contributed by atoms with Crippen molar-refractivity contribution in [2.45, 2.75) is 19.0 Å². The van der Waals surface area contributed by atoms with E-state index < -0.39 is 0 Å². The highest BCUT2D eigenvalue weighted by atomic mass is 79.9. The topological polar surface area (TPSA) is 67.2 Å². The Labute approximate surface area is 124 Å². The second-order valence-corrected chi connectivity index (χ2v) is 6.10. The van der Waals surface area contributed by atoms with Gasteiger partial charge >= 0.3 is 6.03 Å². The number of carbonyl (C=O) groups excluding carboxylic acids is 2. The van der Waals surface area contributed by atoms with Crippen molar-refractivity contribution in [2.24, 2.45) is 0 Å². The minimum atomic E-state index is -0.371. The Hall–Kier alpha value is -1.02. The van der Waals surface area contributed by atoms with E-state index in [0.29, 0.717) is 19.5 Å². The minimum Gasteiger partial charge on any atom is -0.326 e. The molecule has 2 rings (SSSR count). The summed E-state index contributed by atoms with van der Waals surface area (Å²) < 4.78 is 2.57. The van der Waals surface area contributed by atoms with Gasteiger partial charge in [-0.1, -0.05) is 0 Å². The van der Waals surface area contributed by atoms with Gasteiger partial charge < -0.3 is 5.32 Å². The van der Waals surface area contributed by atoms with E-state index in [2.05, 4.69) is 26.3 Å². The van der Waals surface area contributed by atoms with E-state index in [-0.39, 0.29) is 18.0 Å². The van der Waals surface area contributed by atoms with Crippen LogP contribution in [0.1, 0.15) is 6.42 Å². The largest absolute Gasteiger partial charge is 0.326 e. The number of nitrogens with one attached hydrogen (secondary N) is 1. The van der Waals surface area contributed by atoms with Crippen LogP contribution in [0.5, 0.6) is 0 Å². The molecule has 1 aliphatic heterocycles. The summed E-state index contributed by atoms with van der Waals surface area (Å²) >= 11 is 4.97. The molecule has 1 N–H and O–H groups in total. The van der Waals surface area contributed by atoms with Gasteiger partial charge in [-0.05, 0) is 34.4 Å². The van der Waals surface area contributed by atoms with Crippen LogP contribution in [0.25, 0.3) is 0 Å². The van der Waals surface area contributed by atoms with E-state index in [4.69, 9.17) is 0 Å². The molecule has 2 heterocycles. The molecule has 0 bridgehead atoms. The first-order valence-electron chi connectivity index (χ1n) is 5.90. The SMILES string of the molecule is CSCC[C@H]1NC(=O)N(CCn2cc(Br)cn2)C1=O. The molecule has 1 aromatic heterocycles. The predicted molar refractivity (Wildman–Crippen MR) is 77.0 cm³/mol. The normalized spacial score (nSPS) is 19.1. The molecular formula is C11H15BrN4O2S. The average Bonchev–Trinajstić information content (AvgIpc) is 2.90. The number of nitrogens with zero attached hydrogens (tertiary/aromatic N) is 3. The fraction of sp³-hybridized carbons (Fsp3) is 0.545. The van der Waals surface area contributed by atoms with Gasteiger partial charge in [-0.25, -0.2) is 4.79 Å². The van der Waals surface area contributed by atoms with Gasteiger partial charge in [0.1, 0.15) is 6.04 Å². The molecule has 3 amide bonds. The standard InChI is InChI=1S/C11H15BrN4O2S/c1-19-5-2-9-10(17)16(11(18)14-9)4-3-15-7-8(12)6-13-15/h6-7,9H,2-5H2,1H3,(H,14,18)/t9-/m1/s1. The van der Waals surface area contributed by atoms with Gasteiger partial charge in [-0.2, -0.15) is 16.9 Å². The van der Waals surface area contributed by atoms with Gasteiger partial charge in [0.25, 0.3) is 5.91 Å². The van der Waals surface area contributed by atoms with Crippen LogP contribution in [-0.4, -0.2) is 51.2 Å². The molecule has 0 radical (unpaired) electrons. The first-order valence-corrected chi connectivity index (χ1v) is 8.09. The molecule has 0 aromatic carbocycles. The van der Waals surface area contributed by atoms with Crippen molar-refractivity contribution in [1.82, 2.24) is 20.0 Å². The van der Waals surface area contributed by atoms with Crippen LogP contribution in [0, 0.1) is 0 Å². The second kappa shape index (κ2) is 6.42. The van der Waals surface area contributed by atoms with E-state index in [1.54, 1.807) is 22.6 Å². The number of imide groups is 1. The number of hydrogen-bond donors (Lipinski definition) is 1. The average molecular weight is 347 g/mol. The lowest BCUT2D eigenvalue weighted by atomic mass is 10.2. The number of aromatic nitrogens is 2. The van der Waals surface area contributed by atoms with E-state index in [1.165, 1.54) is 4.90 Å². The Bertz CT molecular complexity index is 479. The molecule has 19 heavy (non-hydrogen) atoms. The highest BCUT2D eigenvalue weighted by Crippen LogP contribution is 2.12. The van der Waals surface area contributed by atoms with Crippen molar-refractivity contribution in [3.05, 3.63) is 16.9 Å². The molecule has 1 atom stereocenters. The van der Waals surface area contributed by atoms with Gasteiger partial charge in [0.15, 0.2) is 0 Å². The Balaban J connectivity index is 1.89. The van der Waals surface area contributed by atoms with E-state index in [1.807, 2.05) is 12.5 Å². The Morgan fingerprint density at radius 1 is 1.47 bits per heavy atom. The van der Waals surface area contributed by atoms with Crippen LogP contribution in [0.4, 0.5) is 4.79 Å². The van der Waals surface area contributed by atoms with Crippen molar-refractivity contribution < 1.29 is 9.59 Å². The van der Waals surface area contributed by atoms with Crippen molar-refractivity contribution in [2.75, 3.05) is 18.6 Å². The summed E-state index contributed by atoms with van der Waals surface area (Å²) in [7, 11) is 0. The Kier molecular flexibility index (Phi) is 4.87. The van der Waals surface area contributed by atoms with Crippen LogP contribution in [0.3, 0.4) is 0 Å². The zero-order valence-electron chi connectivity index (χ0n) is 10.5. The van der Waals surface area contributed by atoms with Gasteiger partial charge in [-0.3, -0.25) is 14.4 Å². The lowest BCUT2D eigenvalue weighted by Crippen LogP contribution is -2.34. The Morgan fingerprint density at radius 2 is 2.26 bits per heavy atom. The van der Waals surface area contributed by atoms with Crippen molar-refractivity contribution in [1.29, 1.82) is 0 Å². The van der Waals surface area contributed by atoms with Crippen molar-refractivity contribution >= 4 is 39.6 Å². The fourth-order valence-corrected chi connectivity index (χ4v) is 2.68. The number of rotatable bonds is 6. The molecule has 1 aromatic rings. The highest BCUT2D eigenvalue weighted by molar-refractivity contribution is 9.10. The third kappa shape index (κ3) is 3.50. The van der Waals surface area contributed by atoms with Crippen molar-refractivity contribution in [3.8, 4) is 0 Å². The van der Waals surface area contributed by atoms with Crippen LogP contribution in [-0.2, 0) is 11.3 Å². The molecule has 0 saturated carbocycles. The predicted octanol–water partition coefficient (Wildman–Crippen LogP) is 1.32. The summed E-state index contributed by atoms with van der Waals surface area (Å²) in [5, 5.41) is 6.81. The zero-order chi connectivity index (χ0) is 13.8. The summed E-state index contributed by atoms with van der Waals surface area (Å²) in [6.07, 6.45) is 6.14. The summed E-state index contributed by atoms with van der Waals surface area (Å²) in [4.78, 5) is 25.0. The summed E-state index contributed by atoms with van der Waals surface area (Å²) in [5.74, 6) is 0.724. The van der Waals surface area contributed by atoms with Crippen LogP contribution >= 0.6 is 27.7 Å². The van der Waals surface area contributed by atoms with E-state index in [0.717, 1.165) is 10.2 Å². The molecule has 0 unspecified atom stereocenters. The molecule has 104 valence electrons. The lowest BCUT2D eigenvalue weighted by molar-refractivity contribution is -0.127. The summed E-state index contributed by atoms with van der Waals surface area (Å²) in [6, 6.07) is -0.674. The molecule has 0 aliphatic carbocycles. The molecular weight excluding hydrogens is 332 g/mol. The molecule has 0 spiro atoms. The molecule has 8 heteroatoms. The maximum atomic E-state index is 12.0. The number of thioether (sulfide) groups is 1. The van der Waals surface area contributed by atoms with Crippen LogP contribution in [0.15, 0.2) is 16.9 Å². The smallest absolute Gasteiger partial charge is 0.324 e. The first kappa shape index (κ1) is 14.4. The third-order valence-electron chi connectivity index (χ3n) is 2.87. The zero-order valence-corrected chi connectivity index (χ0v) is 12.9. The van der Waals surface area contributed by atoms with Crippen LogP contribution in [0.2, 0.25) is 0 Å². The van der Waals surface area contributed by atoms with Gasteiger partial charge in [0.2, 0.25) is 0 Å². The van der Waals surface area contributed by atoms with Crippen molar-refractivity contribution in [3.63, 3.8) is 0 Å². The fourth-order valence-electron chi connectivity index (χ4n) is 1.88. The second-order valence-electron chi connectivity index (χ2n) is 4.20.